The van der Waals surface area contributed by atoms with E-state index < -0.39 is 0 Å². The first kappa shape index (κ1) is 11.5. The summed E-state index contributed by atoms with van der Waals surface area (Å²) in [6.07, 6.45) is 4.07. The summed E-state index contributed by atoms with van der Waals surface area (Å²) in [7, 11) is 0. The maximum Gasteiger partial charge on any atom is 0.0626 e. The lowest BCUT2D eigenvalue weighted by Crippen LogP contribution is -2.17. The largest absolute Gasteiger partial charge is 0.260 e. The second-order valence-electron chi connectivity index (χ2n) is 4.44. The number of hydrogen-bond donors (Lipinski definition) is 0. The number of hydrogen-bond acceptors (Lipinski definition) is 1. The molecule has 0 aliphatic rings. The summed E-state index contributed by atoms with van der Waals surface area (Å²) >= 11 is 6.15. The molecule has 0 saturated carbocycles. The Balaban J connectivity index is 3.10. The summed E-state index contributed by atoms with van der Waals surface area (Å²) in [5.74, 6) is 0. The number of halogens is 1. The zero-order valence-corrected chi connectivity index (χ0v) is 10.2. The molecule has 14 heavy (non-hydrogen) atoms. The predicted octanol–water partition coefficient (Wildman–Crippen LogP) is 4.12. The molecule has 0 amide bonds. The van der Waals surface area contributed by atoms with Crippen molar-refractivity contribution in [1.29, 1.82) is 0 Å². The molecule has 0 spiro atoms. The van der Waals surface area contributed by atoms with Gasteiger partial charge in [-0.15, -0.1) is 0 Å². The van der Waals surface area contributed by atoms with Gasteiger partial charge in [0.1, 0.15) is 0 Å². The van der Waals surface area contributed by atoms with Crippen molar-refractivity contribution in [1.82, 2.24) is 4.98 Å². The minimum Gasteiger partial charge on any atom is -0.260 e. The van der Waals surface area contributed by atoms with Crippen molar-refractivity contribution in [2.24, 2.45) is 0 Å². The Bertz CT molecular complexity index is 318. The van der Waals surface area contributed by atoms with Crippen molar-refractivity contribution in [3.05, 3.63) is 28.5 Å². The van der Waals surface area contributed by atoms with E-state index >= 15 is 0 Å². The molecule has 1 aromatic rings. The standard InChI is InChI=1S/C12H18ClN/c1-5-6-12(3,4)10-7-9(2)14-8-11(10)13/h7-8H,5-6H2,1-4H3. The third kappa shape index (κ3) is 2.48. The Morgan fingerprint density at radius 2 is 2.07 bits per heavy atom. The zero-order chi connectivity index (χ0) is 10.8. The molecule has 78 valence electrons. The molecule has 0 aromatic carbocycles. The normalized spacial score (nSPS) is 11.8. The monoisotopic (exact) mass is 211 g/mol. The van der Waals surface area contributed by atoms with E-state index in [9.17, 15) is 0 Å². The second-order valence-corrected chi connectivity index (χ2v) is 4.85. The van der Waals surface area contributed by atoms with Gasteiger partial charge in [-0.25, -0.2) is 0 Å². The van der Waals surface area contributed by atoms with Gasteiger partial charge in [0, 0.05) is 11.9 Å². The van der Waals surface area contributed by atoms with Crippen molar-refractivity contribution < 1.29 is 0 Å². The summed E-state index contributed by atoms with van der Waals surface area (Å²) < 4.78 is 0. The molecule has 1 rings (SSSR count). The molecule has 1 heterocycles. The Labute approximate surface area is 91.5 Å². The highest BCUT2D eigenvalue weighted by Crippen LogP contribution is 2.33. The predicted molar refractivity (Wildman–Crippen MR) is 61.9 cm³/mol. The third-order valence-corrected chi connectivity index (χ3v) is 2.90. The minimum atomic E-state index is 0.152. The minimum absolute atomic E-state index is 0.152. The molecule has 2 heteroatoms. The van der Waals surface area contributed by atoms with Crippen LogP contribution in [0.25, 0.3) is 0 Å². The van der Waals surface area contributed by atoms with Crippen LogP contribution in [0, 0.1) is 6.92 Å². The lowest BCUT2D eigenvalue weighted by molar-refractivity contribution is 0.472. The first-order valence-electron chi connectivity index (χ1n) is 5.10. The number of aryl methyl sites for hydroxylation is 1. The Hall–Kier alpha value is -0.560. The molecule has 0 aliphatic carbocycles. The van der Waals surface area contributed by atoms with Crippen LogP contribution >= 0.6 is 11.6 Å². The van der Waals surface area contributed by atoms with Crippen molar-refractivity contribution in [3.8, 4) is 0 Å². The summed E-state index contributed by atoms with van der Waals surface area (Å²) in [6, 6.07) is 2.10. The van der Waals surface area contributed by atoms with Crippen LogP contribution in [0.4, 0.5) is 0 Å². The fraction of sp³-hybridized carbons (Fsp3) is 0.583. The topological polar surface area (TPSA) is 12.9 Å². The van der Waals surface area contributed by atoms with Gasteiger partial charge in [0.05, 0.1) is 5.02 Å². The van der Waals surface area contributed by atoms with E-state index in [-0.39, 0.29) is 5.41 Å². The van der Waals surface area contributed by atoms with E-state index in [0.717, 1.165) is 17.1 Å². The second kappa shape index (κ2) is 4.31. The smallest absolute Gasteiger partial charge is 0.0626 e. The van der Waals surface area contributed by atoms with Crippen molar-refractivity contribution >= 4 is 11.6 Å². The lowest BCUT2D eigenvalue weighted by atomic mass is 9.81. The highest BCUT2D eigenvalue weighted by atomic mass is 35.5. The van der Waals surface area contributed by atoms with Gasteiger partial charge in [-0.05, 0) is 30.4 Å². The molecule has 0 aliphatic heterocycles. The van der Waals surface area contributed by atoms with Gasteiger partial charge in [-0.3, -0.25) is 4.98 Å². The molecule has 0 N–H and O–H groups in total. The van der Waals surface area contributed by atoms with E-state index in [1.807, 2.05) is 6.92 Å². The van der Waals surface area contributed by atoms with Gasteiger partial charge in [0.15, 0.2) is 0 Å². The lowest BCUT2D eigenvalue weighted by Gasteiger charge is -2.25. The Morgan fingerprint density at radius 1 is 1.43 bits per heavy atom. The number of rotatable bonds is 3. The molecule has 1 nitrogen and oxygen atoms in total. The van der Waals surface area contributed by atoms with Gasteiger partial charge in [0.2, 0.25) is 0 Å². The van der Waals surface area contributed by atoms with E-state index in [0.29, 0.717) is 0 Å². The molecule has 0 bridgehead atoms. The fourth-order valence-corrected chi connectivity index (χ4v) is 2.18. The third-order valence-electron chi connectivity index (χ3n) is 2.60. The molecule has 0 radical (unpaired) electrons. The van der Waals surface area contributed by atoms with Crippen LogP contribution in [0.5, 0.6) is 0 Å². The van der Waals surface area contributed by atoms with E-state index in [4.69, 9.17) is 11.6 Å². The fourth-order valence-electron chi connectivity index (χ4n) is 1.82. The summed E-state index contributed by atoms with van der Waals surface area (Å²) in [5, 5.41) is 0.786. The van der Waals surface area contributed by atoms with Crippen LogP contribution in [0.15, 0.2) is 12.3 Å². The van der Waals surface area contributed by atoms with Crippen LogP contribution in [0.1, 0.15) is 44.9 Å². The molecule has 1 aromatic heterocycles. The number of pyridine rings is 1. The number of aromatic nitrogens is 1. The van der Waals surface area contributed by atoms with Gasteiger partial charge in [0.25, 0.3) is 0 Å². The van der Waals surface area contributed by atoms with Crippen molar-refractivity contribution in [2.75, 3.05) is 0 Å². The van der Waals surface area contributed by atoms with E-state index in [2.05, 4.69) is 31.8 Å². The molecule has 0 unspecified atom stereocenters. The van der Waals surface area contributed by atoms with Crippen LogP contribution in [-0.2, 0) is 5.41 Å². The maximum absolute atomic E-state index is 6.15. The van der Waals surface area contributed by atoms with Crippen LogP contribution in [0.2, 0.25) is 5.02 Å². The highest BCUT2D eigenvalue weighted by molar-refractivity contribution is 6.31. The van der Waals surface area contributed by atoms with E-state index in [1.54, 1.807) is 6.20 Å². The zero-order valence-electron chi connectivity index (χ0n) is 9.39. The van der Waals surface area contributed by atoms with Gasteiger partial charge in [-0.1, -0.05) is 38.8 Å². The SMILES string of the molecule is CCCC(C)(C)c1cc(C)ncc1Cl. The molecular weight excluding hydrogens is 194 g/mol. The van der Waals surface area contributed by atoms with Gasteiger partial charge < -0.3 is 0 Å². The summed E-state index contributed by atoms with van der Waals surface area (Å²) in [4.78, 5) is 4.18. The Kier molecular flexibility index (Phi) is 3.54. The average molecular weight is 212 g/mol. The quantitative estimate of drug-likeness (QED) is 0.733. The molecule has 0 saturated heterocycles. The van der Waals surface area contributed by atoms with Gasteiger partial charge >= 0.3 is 0 Å². The van der Waals surface area contributed by atoms with Crippen LogP contribution in [0.3, 0.4) is 0 Å². The molecular formula is C12H18ClN. The average Bonchev–Trinajstić information content (AvgIpc) is 2.09. The molecule has 0 fully saturated rings. The highest BCUT2D eigenvalue weighted by Gasteiger charge is 2.22. The van der Waals surface area contributed by atoms with Crippen LogP contribution in [-0.4, -0.2) is 4.98 Å². The summed E-state index contributed by atoms with van der Waals surface area (Å²) in [6.45, 7) is 8.67. The van der Waals surface area contributed by atoms with E-state index in [1.165, 1.54) is 12.0 Å². The molecule has 0 atom stereocenters. The van der Waals surface area contributed by atoms with Crippen molar-refractivity contribution in [2.45, 2.75) is 46.0 Å². The number of nitrogens with zero attached hydrogens (tertiary/aromatic N) is 1. The first-order chi connectivity index (χ1) is 6.47. The summed E-state index contributed by atoms with van der Waals surface area (Å²) in [5.41, 5.74) is 2.40. The Morgan fingerprint density at radius 3 is 2.64 bits per heavy atom. The first-order valence-corrected chi connectivity index (χ1v) is 5.48. The maximum atomic E-state index is 6.15. The van der Waals surface area contributed by atoms with Gasteiger partial charge in [-0.2, -0.15) is 0 Å². The van der Waals surface area contributed by atoms with Crippen LogP contribution < -0.4 is 0 Å². The van der Waals surface area contributed by atoms with Crippen molar-refractivity contribution in [3.63, 3.8) is 0 Å².